The van der Waals surface area contributed by atoms with Crippen LogP contribution in [0.3, 0.4) is 0 Å². The lowest BCUT2D eigenvalue weighted by molar-refractivity contribution is 0.520. The fraction of sp³-hybridized carbons (Fsp3) is 0.263. The molecule has 0 spiro atoms. The Bertz CT molecular complexity index is 1190. The van der Waals surface area contributed by atoms with Crippen molar-refractivity contribution in [2.45, 2.75) is 17.9 Å². The molecule has 0 fully saturated rings. The van der Waals surface area contributed by atoms with Gasteiger partial charge in [-0.1, -0.05) is 6.07 Å². The lowest BCUT2D eigenvalue weighted by Crippen LogP contribution is -2.23. The first-order valence-electron chi connectivity index (χ1n) is 8.64. The van der Waals surface area contributed by atoms with Crippen molar-refractivity contribution in [1.82, 2.24) is 13.7 Å². The third-order valence-corrected chi connectivity index (χ3v) is 6.61. The van der Waals surface area contributed by atoms with Gasteiger partial charge >= 0.3 is 0 Å². The van der Waals surface area contributed by atoms with Crippen LogP contribution in [0.5, 0.6) is 0 Å². The molecule has 0 bridgehead atoms. The van der Waals surface area contributed by atoms with E-state index in [9.17, 15) is 13.2 Å². The predicted octanol–water partition coefficient (Wildman–Crippen LogP) is 1.51. The molecule has 0 N–H and O–H groups in total. The molecule has 1 aliphatic heterocycles. The molecule has 2 aromatic heterocycles. The molecule has 3 heterocycles. The van der Waals surface area contributed by atoms with Gasteiger partial charge in [-0.05, 0) is 42.3 Å². The molecule has 8 heteroatoms. The number of hydrogen-bond donors (Lipinski definition) is 0. The molecule has 0 saturated heterocycles. The standard InChI is InChI=1S/C19H20N4O3S/c1-21(2)27(25,26)16-6-7-17-14(11-16)8-10-22(17)13-15-12-19(24)23-9-4-3-5-18(23)20-15/h3-7,9,11-12H,8,10,13H2,1-2H3. The molecule has 0 saturated carbocycles. The van der Waals surface area contributed by atoms with Crippen molar-refractivity contribution >= 4 is 21.4 Å². The lowest BCUT2D eigenvalue weighted by Gasteiger charge is -2.19. The van der Waals surface area contributed by atoms with Crippen LogP contribution in [0.2, 0.25) is 0 Å². The minimum absolute atomic E-state index is 0.109. The molecule has 0 amide bonds. The van der Waals surface area contributed by atoms with E-state index in [0.717, 1.165) is 24.2 Å². The summed E-state index contributed by atoms with van der Waals surface area (Å²) in [6.45, 7) is 1.27. The number of sulfonamides is 1. The summed E-state index contributed by atoms with van der Waals surface area (Å²) >= 11 is 0. The molecule has 27 heavy (non-hydrogen) atoms. The zero-order valence-electron chi connectivity index (χ0n) is 15.2. The molecule has 0 aliphatic carbocycles. The Morgan fingerprint density at radius 2 is 1.96 bits per heavy atom. The van der Waals surface area contributed by atoms with Crippen LogP contribution in [0.25, 0.3) is 5.65 Å². The summed E-state index contributed by atoms with van der Waals surface area (Å²) < 4.78 is 27.4. The molecule has 3 aromatic rings. The molecule has 0 atom stereocenters. The minimum atomic E-state index is -3.45. The number of fused-ring (bicyclic) bond motifs is 2. The van der Waals surface area contributed by atoms with E-state index >= 15 is 0 Å². The monoisotopic (exact) mass is 384 g/mol. The Hall–Kier alpha value is -2.71. The maximum Gasteiger partial charge on any atom is 0.258 e. The minimum Gasteiger partial charge on any atom is -0.365 e. The van der Waals surface area contributed by atoms with Crippen molar-refractivity contribution in [2.75, 3.05) is 25.5 Å². The van der Waals surface area contributed by atoms with Gasteiger partial charge < -0.3 is 4.90 Å². The second-order valence-electron chi connectivity index (χ2n) is 6.76. The molecule has 7 nitrogen and oxygen atoms in total. The first kappa shape index (κ1) is 17.7. The summed E-state index contributed by atoms with van der Waals surface area (Å²) in [5.74, 6) is 0. The van der Waals surface area contributed by atoms with Gasteiger partial charge in [0.1, 0.15) is 5.65 Å². The van der Waals surface area contributed by atoms with E-state index in [1.165, 1.54) is 22.8 Å². The lowest BCUT2D eigenvalue weighted by atomic mass is 10.2. The van der Waals surface area contributed by atoms with Crippen molar-refractivity contribution in [3.63, 3.8) is 0 Å². The number of pyridine rings is 1. The molecular formula is C19H20N4O3S. The molecular weight excluding hydrogens is 364 g/mol. The third-order valence-electron chi connectivity index (χ3n) is 4.80. The van der Waals surface area contributed by atoms with Gasteiger partial charge in [-0.3, -0.25) is 9.20 Å². The Balaban J connectivity index is 1.65. The Morgan fingerprint density at radius 1 is 1.15 bits per heavy atom. The van der Waals surface area contributed by atoms with Gasteiger partial charge in [0, 0.05) is 38.6 Å². The highest BCUT2D eigenvalue weighted by Crippen LogP contribution is 2.31. The molecule has 140 valence electrons. The van der Waals surface area contributed by atoms with Crippen LogP contribution < -0.4 is 10.5 Å². The number of rotatable bonds is 4. The Kier molecular flexibility index (Phi) is 4.24. The van der Waals surface area contributed by atoms with Crippen molar-refractivity contribution < 1.29 is 8.42 Å². The average molecular weight is 384 g/mol. The van der Waals surface area contributed by atoms with Crippen molar-refractivity contribution in [3.05, 3.63) is 70.3 Å². The first-order valence-corrected chi connectivity index (χ1v) is 10.1. The average Bonchev–Trinajstić information content (AvgIpc) is 3.04. The quantitative estimate of drug-likeness (QED) is 0.682. The summed E-state index contributed by atoms with van der Waals surface area (Å²) in [7, 11) is -0.393. The van der Waals surface area contributed by atoms with Crippen LogP contribution in [0.15, 0.2) is 58.4 Å². The number of hydrogen-bond acceptors (Lipinski definition) is 5. The van der Waals surface area contributed by atoms with E-state index in [2.05, 4.69) is 9.88 Å². The second-order valence-corrected chi connectivity index (χ2v) is 8.92. The van der Waals surface area contributed by atoms with Gasteiger partial charge in [0.05, 0.1) is 17.1 Å². The SMILES string of the molecule is CN(C)S(=O)(=O)c1ccc2c(c1)CCN2Cc1cc(=O)n2ccccc2n1. The van der Waals surface area contributed by atoms with Crippen LogP contribution in [-0.2, 0) is 23.0 Å². The highest BCUT2D eigenvalue weighted by Gasteiger charge is 2.24. The van der Waals surface area contributed by atoms with Gasteiger partial charge in [0.2, 0.25) is 10.0 Å². The Morgan fingerprint density at radius 3 is 2.74 bits per heavy atom. The van der Waals surface area contributed by atoms with E-state index in [0.29, 0.717) is 22.8 Å². The summed E-state index contributed by atoms with van der Waals surface area (Å²) in [6.07, 6.45) is 2.46. The smallest absolute Gasteiger partial charge is 0.258 e. The third kappa shape index (κ3) is 3.11. The summed E-state index contributed by atoms with van der Waals surface area (Å²) in [6, 6.07) is 12.2. The van der Waals surface area contributed by atoms with Crippen LogP contribution in [0, 0.1) is 0 Å². The van der Waals surface area contributed by atoms with Gasteiger partial charge in [0.25, 0.3) is 5.56 Å². The zero-order valence-corrected chi connectivity index (χ0v) is 16.0. The largest absolute Gasteiger partial charge is 0.365 e. The van der Waals surface area contributed by atoms with E-state index in [-0.39, 0.29) is 5.56 Å². The summed E-state index contributed by atoms with van der Waals surface area (Å²) in [5, 5.41) is 0. The topological polar surface area (TPSA) is 75.0 Å². The fourth-order valence-corrected chi connectivity index (χ4v) is 4.31. The van der Waals surface area contributed by atoms with E-state index in [1.807, 2.05) is 12.1 Å². The molecule has 0 radical (unpaired) electrons. The first-order chi connectivity index (χ1) is 12.9. The predicted molar refractivity (Wildman–Crippen MR) is 104 cm³/mol. The second kappa shape index (κ2) is 6.47. The number of benzene rings is 1. The van der Waals surface area contributed by atoms with Crippen LogP contribution in [0.1, 0.15) is 11.3 Å². The normalized spacial score (nSPS) is 14.1. The van der Waals surface area contributed by atoms with Gasteiger partial charge in [-0.15, -0.1) is 0 Å². The molecule has 4 rings (SSSR count). The maximum absolute atomic E-state index is 12.3. The highest BCUT2D eigenvalue weighted by molar-refractivity contribution is 7.89. The van der Waals surface area contributed by atoms with Gasteiger partial charge in [-0.25, -0.2) is 17.7 Å². The molecule has 1 aliphatic rings. The van der Waals surface area contributed by atoms with Gasteiger partial charge in [0.15, 0.2) is 0 Å². The van der Waals surface area contributed by atoms with Crippen molar-refractivity contribution in [3.8, 4) is 0 Å². The van der Waals surface area contributed by atoms with Crippen molar-refractivity contribution in [2.24, 2.45) is 0 Å². The maximum atomic E-state index is 12.3. The summed E-state index contributed by atoms with van der Waals surface area (Å²) in [4.78, 5) is 19.3. The van der Waals surface area contributed by atoms with Crippen LogP contribution in [-0.4, -0.2) is 42.7 Å². The number of aromatic nitrogens is 2. The van der Waals surface area contributed by atoms with Crippen LogP contribution in [0.4, 0.5) is 5.69 Å². The molecule has 1 aromatic carbocycles. The zero-order chi connectivity index (χ0) is 19.2. The van der Waals surface area contributed by atoms with Crippen molar-refractivity contribution in [1.29, 1.82) is 0 Å². The number of nitrogens with zero attached hydrogens (tertiary/aromatic N) is 4. The molecule has 0 unspecified atom stereocenters. The number of anilines is 1. The van der Waals surface area contributed by atoms with E-state index in [4.69, 9.17) is 0 Å². The van der Waals surface area contributed by atoms with Gasteiger partial charge in [-0.2, -0.15) is 0 Å². The summed E-state index contributed by atoms with van der Waals surface area (Å²) in [5.41, 5.74) is 3.19. The fourth-order valence-electron chi connectivity index (χ4n) is 3.36. The highest BCUT2D eigenvalue weighted by atomic mass is 32.2. The van der Waals surface area contributed by atoms with E-state index in [1.54, 1.807) is 36.5 Å². The van der Waals surface area contributed by atoms with E-state index < -0.39 is 10.0 Å². The van der Waals surface area contributed by atoms with Crippen LogP contribution >= 0.6 is 0 Å². The Labute approximate surface area is 157 Å².